The van der Waals surface area contributed by atoms with Crippen molar-refractivity contribution in [3.8, 4) is 0 Å². The van der Waals surface area contributed by atoms with Gasteiger partial charge in [0.1, 0.15) is 12.1 Å². The summed E-state index contributed by atoms with van der Waals surface area (Å²) < 4.78 is 0. The predicted octanol–water partition coefficient (Wildman–Crippen LogP) is 0.517. The van der Waals surface area contributed by atoms with E-state index in [0.29, 0.717) is 12.8 Å². The molecule has 2 amide bonds. The fraction of sp³-hybridized carbons (Fsp3) is 0.750. The maximum atomic E-state index is 11.9. The average Bonchev–Trinajstić information content (AvgIpc) is 2.25. The number of carboxylic acids is 1. The van der Waals surface area contributed by atoms with Gasteiger partial charge in [-0.25, -0.2) is 0 Å². The van der Waals surface area contributed by atoms with E-state index in [1.165, 1.54) is 6.92 Å². The Balaban J connectivity index is 4.55. The number of amides is 2. The zero-order valence-electron chi connectivity index (χ0n) is 11.3. The molecule has 2 atom stereocenters. The smallest absolute Gasteiger partial charge is 0.325 e. The summed E-state index contributed by atoms with van der Waals surface area (Å²) in [7, 11) is 0. The van der Waals surface area contributed by atoms with E-state index in [2.05, 4.69) is 10.6 Å². The number of nitrogens with one attached hydrogen (secondary N) is 2. The standard InChI is InChI=1S/C12H22N2O4/c1-5-6-9(15)14-10(7(2)3)11(16)13-8(4)12(17)18/h7-8,10H,5-6H2,1-4H3,(H,13,16)(H,14,15)(H,17,18). The van der Waals surface area contributed by atoms with E-state index in [-0.39, 0.29) is 11.8 Å². The molecule has 0 aliphatic rings. The summed E-state index contributed by atoms with van der Waals surface area (Å²) >= 11 is 0. The van der Waals surface area contributed by atoms with Gasteiger partial charge in [0.25, 0.3) is 0 Å². The Morgan fingerprint density at radius 2 is 1.67 bits per heavy atom. The lowest BCUT2D eigenvalue weighted by Gasteiger charge is -2.22. The Bertz CT molecular complexity index is 315. The Labute approximate surface area is 107 Å². The third kappa shape index (κ3) is 5.65. The van der Waals surface area contributed by atoms with Gasteiger partial charge in [-0.3, -0.25) is 14.4 Å². The van der Waals surface area contributed by atoms with Crippen molar-refractivity contribution in [2.45, 2.75) is 52.6 Å². The van der Waals surface area contributed by atoms with Gasteiger partial charge in [-0.05, 0) is 19.3 Å². The second-order valence-corrected chi connectivity index (χ2v) is 4.61. The van der Waals surface area contributed by atoms with E-state index in [1.54, 1.807) is 13.8 Å². The van der Waals surface area contributed by atoms with Crippen LogP contribution in [0.1, 0.15) is 40.5 Å². The van der Waals surface area contributed by atoms with Gasteiger partial charge in [0, 0.05) is 6.42 Å². The normalized spacial score (nSPS) is 13.8. The lowest BCUT2D eigenvalue weighted by atomic mass is 10.0. The van der Waals surface area contributed by atoms with E-state index < -0.39 is 24.0 Å². The third-order valence-electron chi connectivity index (χ3n) is 2.47. The molecule has 0 radical (unpaired) electrons. The number of aliphatic carboxylic acids is 1. The fourth-order valence-corrected chi connectivity index (χ4v) is 1.37. The number of hydrogen-bond donors (Lipinski definition) is 3. The van der Waals surface area contributed by atoms with Gasteiger partial charge >= 0.3 is 5.97 Å². The second kappa shape index (κ2) is 7.68. The summed E-state index contributed by atoms with van der Waals surface area (Å²) in [4.78, 5) is 34.0. The first-order valence-corrected chi connectivity index (χ1v) is 6.12. The molecular weight excluding hydrogens is 236 g/mol. The predicted molar refractivity (Wildman–Crippen MR) is 66.9 cm³/mol. The van der Waals surface area contributed by atoms with Crippen LogP contribution in [0.3, 0.4) is 0 Å². The molecule has 0 aromatic heterocycles. The minimum Gasteiger partial charge on any atom is -0.480 e. The van der Waals surface area contributed by atoms with Crippen molar-refractivity contribution in [1.82, 2.24) is 10.6 Å². The Hall–Kier alpha value is -1.59. The van der Waals surface area contributed by atoms with Crippen LogP contribution in [0, 0.1) is 5.92 Å². The van der Waals surface area contributed by atoms with Crippen LogP contribution in [0.4, 0.5) is 0 Å². The summed E-state index contributed by atoms with van der Waals surface area (Å²) in [6.45, 7) is 6.84. The van der Waals surface area contributed by atoms with Crippen LogP contribution >= 0.6 is 0 Å². The molecule has 0 saturated carbocycles. The van der Waals surface area contributed by atoms with Crippen LogP contribution in [0.25, 0.3) is 0 Å². The highest BCUT2D eigenvalue weighted by Crippen LogP contribution is 2.03. The molecule has 0 aromatic carbocycles. The van der Waals surface area contributed by atoms with Gasteiger partial charge < -0.3 is 15.7 Å². The van der Waals surface area contributed by atoms with Crippen molar-refractivity contribution in [2.75, 3.05) is 0 Å². The van der Waals surface area contributed by atoms with Crippen molar-refractivity contribution < 1.29 is 19.5 Å². The van der Waals surface area contributed by atoms with Gasteiger partial charge in [-0.15, -0.1) is 0 Å². The molecule has 0 bridgehead atoms. The molecule has 0 fully saturated rings. The van der Waals surface area contributed by atoms with Crippen LogP contribution in [0.15, 0.2) is 0 Å². The Kier molecular flexibility index (Phi) is 7.00. The number of rotatable bonds is 7. The topological polar surface area (TPSA) is 95.5 Å². The van der Waals surface area contributed by atoms with Crippen molar-refractivity contribution in [3.63, 3.8) is 0 Å². The highest BCUT2D eigenvalue weighted by atomic mass is 16.4. The monoisotopic (exact) mass is 258 g/mol. The minimum atomic E-state index is -1.11. The van der Waals surface area contributed by atoms with Crippen LogP contribution < -0.4 is 10.6 Å². The molecule has 0 saturated heterocycles. The molecule has 2 unspecified atom stereocenters. The lowest BCUT2D eigenvalue weighted by Crippen LogP contribution is -2.52. The van der Waals surface area contributed by atoms with Crippen LogP contribution in [0.2, 0.25) is 0 Å². The van der Waals surface area contributed by atoms with E-state index in [9.17, 15) is 14.4 Å². The summed E-state index contributed by atoms with van der Waals surface area (Å²) in [5, 5.41) is 13.7. The van der Waals surface area contributed by atoms with Gasteiger partial charge in [-0.1, -0.05) is 20.8 Å². The van der Waals surface area contributed by atoms with Crippen molar-refractivity contribution >= 4 is 17.8 Å². The van der Waals surface area contributed by atoms with Gasteiger partial charge in [0.05, 0.1) is 0 Å². The van der Waals surface area contributed by atoms with Crippen molar-refractivity contribution in [2.24, 2.45) is 5.92 Å². The Morgan fingerprint density at radius 1 is 1.11 bits per heavy atom. The number of carbonyl (C=O) groups is 3. The van der Waals surface area contributed by atoms with Crippen molar-refractivity contribution in [1.29, 1.82) is 0 Å². The highest BCUT2D eigenvalue weighted by molar-refractivity contribution is 5.90. The first-order valence-electron chi connectivity index (χ1n) is 6.12. The summed E-state index contributed by atoms with van der Waals surface area (Å²) in [6, 6.07) is -1.67. The molecule has 6 heteroatoms. The molecular formula is C12H22N2O4. The molecule has 0 aliphatic heterocycles. The molecule has 3 N–H and O–H groups in total. The van der Waals surface area contributed by atoms with Crippen LogP contribution in [-0.2, 0) is 14.4 Å². The maximum Gasteiger partial charge on any atom is 0.325 e. The quantitative estimate of drug-likeness (QED) is 0.620. The summed E-state index contributed by atoms with van der Waals surface area (Å²) in [5.41, 5.74) is 0. The largest absolute Gasteiger partial charge is 0.480 e. The summed E-state index contributed by atoms with van der Waals surface area (Å²) in [5.74, 6) is -1.88. The minimum absolute atomic E-state index is 0.105. The number of carboxylic acid groups (broad SMARTS) is 1. The van der Waals surface area contributed by atoms with Crippen LogP contribution in [-0.4, -0.2) is 35.0 Å². The SMILES string of the molecule is CCCC(=O)NC(C(=O)NC(C)C(=O)O)C(C)C. The van der Waals surface area contributed by atoms with Crippen LogP contribution in [0.5, 0.6) is 0 Å². The summed E-state index contributed by atoms with van der Waals surface area (Å²) in [6.07, 6.45) is 1.05. The molecule has 104 valence electrons. The van der Waals surface area contributed by atoms with E-state index in [4.69, 9.17) is 5.11 Å². The number of carbonyl (C=O) groups excluding carboxylic acids is 2. The molecule has 0 aromatic rings. The fourth-order valence-electron chi connectivity index (χ4n) is 1.37. The molecule has 18 heavy (non-hydrogen) atoms. The molecule has 0 spiro atoms. The third-order valence-corrected chi connectivity index (χ3v) is 2.47. The van der Waals surface area contributed by atoms with Gasteiger partial charge in [0.2, 0.25) is 11.8 Å². The average molecular weight is 258 g/mol. The molecule has 6 nitrogen and oxygen atoms in total. The first kappa shape index (κ1) is 16.4. The van der Waals surface area contributed by atoms with E-state index in [0.717, 1.165) is 0 Å². The highest BCUT2D eigenvalue weighted by Gasteiger charge is 2.26. The maximum absolute atomic E-state index is 11.9. The number of hydrogen-bond acceptors (Lipinski definition) is 3. The zero-order valence-corrected chi connectivity index (χ0v) is 11.3. The zero-order chi connectivity index (χ0) is 14.3. The second-order valence-electron chi connectivity index (χ2n) is 4.61. The molecule has 0 heterocycles. The van der Waals surface area contributed by atoms with E-state index in [1.807, 2.05) is 6.92 Å². The van der Waals surface area contributed by atoms with E-state index >= 15 is 0 Å². The molecule has 0 aliphatic carbocycles. The molecule has 0 rings (SSSR count). The first-order chi connectivity index (χ1) is 8.29. The van der Waals surface area contributed by atoms with Gasteiger partial charge in [0.15, 0.2) is 0 Å². The lowest BCUT2D eigenvalue weighted by molar-refractivity contribution is -0.142. The van der Waals surface area contributed by atoms with Crippen molar-refractivity contribution in [3.05, 3.63) is 0 Å². The Morgan fingerprint density at radius 3 is 2.06 bits per heavy atom. The van der Waals surface area contributed by atoms with Gasteiger partial charge in [-0.2, -0.15) is 0 Å².